The van der Waals surface area contributed by atoms with Gasteiger partial charge in [-0.2, -0.15) is 0 Å². The third-order valence-electron chi connectivity index (χ3n) is 2.50. The van der Waals surface area contributed by atoms with E-state index < -0.39 is 0 Å². The zero-order chi connectivity index (χ0) is 11.4. The average molecular weight is 219 g/mol. The molecule has 2 rings (SSSR count). The predicted octanol–water partition coefficient (Wildman–Crippen LogP) is 0.615. The molecule has 0 aromatic heterocycles. The maximum Gasteiger partial charge on any atom is 0.325 e. The normalized spacial score (nSPS) is 15.8. The number of nitrogens with zero attached hydrogens (tertiary/aromatic N) is 1. The Balaban J connectivity index is 1.95. The maximum absolute atomic E-state index is 11.8. The van der Waals surface area contributed by atoms with Gasteiger partial charge in [0.15, 0.2) is 0 Å². The first kappa shape index (κ1) is 10.7. The van der Waals surface area contributed by atoms with E-state index in [0.29, 0.717) is 19.6 Å². The summed E-state index contributed by atoms with van der Waals surface area (Å²) in [4.78, 5) is 24.4. The van der Waals surface area contributed by atoms with Crippen molar-refractivity contribution in [1.29, 1.82) is 0 Å². The number of hydrogen-bond donors (Lipinski definition) is 0. The van der Waals surface area contributed by atoms with Gasteiger partial charge < -0.3 is 9.64 Å². The van der Waals surface area contributed by atoms with E-state index in [-0.39, 0.29) is 18.4 Å². The van der Waals surface area contributed by atoms with Crippen molar-refractivity contribution in [3.8, 4) is 0 Å². The highest BCUT2D eigenvalue weighted by molar-refractivity contribution is 5.84. The Morgan fingerprint density at radius 1 is 1.31 bits per heavy atom. The molecular formula is C12H13NO3. The summed E-state index contributed by atoms with van der Waals surface area (Å²) < 4.78 is 4.78. The monoisotopic (exact) mass is 219 g/mol. The highest BCUT2D eigenvalue weighted by Gasteiger charge is 2.22. The van der Waals surface area contributed by atoms with Crippen LogP contribution in [-0.2, 0) is 20.7 Å². The molecule has 1 amide bonds. The molecule has 1 aromatic rings. The molecule has 1 aliphatic rings. The van der Waals surface area contributed by atoms with E-state index in [0.717, 1.165) is 5.56 Å². The van der Waals surface area contributed by atoms with Gasteiger partial charge in [-0.3, -0.25) is 9.59 Å². The van der Waals surface area contributed by atoms with Crippen LogP contribution in [0, 0.1) is 0 Å². The lowest BCUT2D eigenvalue weighted by atomic mass is 10.1. The van der Waals surface area contributed by atoms with Crippen LogP contribution in [0.1, 0.15) is 5.56 Å². The number of carbonyl (C=O) groups excluding carboxylic acids is 2. The van der Waals surface area contributed by atoms with Crippen LogP contribution in [0.4, 0.5) is 0 Å². The van der Waals surface area contributed by atoms with Crippen LogP contribution >= 0.6 is 0 Å². The van der Waals surface area contributed by atoms with Crippen LogP contribution < -0.4 is 0 Å². The van der Waals surface area contributed by atoms with Crippen LogP contribution in [0.5, 0.6) is 0 Å². The van der Waals surface area contributed by atoms with Crippen LogP contribution in [0.3, 0.4) is 0 Å². The largest absolute Gasteiger partial charge is 0.462 e. The van der Waals surface area contributed by atoms with E-state index in [1.54, 1.807) is 4.90 Å². The zero-order valence-electron chi connectivity index (χ0n) is 8.89. The van der Waals surface area contributed by atoms with Gasteiger partial charge in [0.1, 0.15) is 13.2 Å². The molecule has 84 valence electrons. The Kier molecular flexibility index (Phi) is 3.19. The van der Waals surface area contributed by atoms with Crippen molar-refractivity contribution in [3.05, 3.63) is 35.9 Å². The highest BCUT2D eigenvalue weighted by Crippen LogP contribution is 2.05. The second-order valence-corrected chi connectivity index (χ2v) is 3.70. The molecule has 4 nitrogen and oxygen atoms in total. The summed E-state index contributed by atoms with van der Waals surface area (Å²) in [5, 5.41) is 0. The number of hydrogen-bond acceptors (Lipinski definition) is 3. The van der Waals surface area contributed by atoms with Gasteiger partial charge in [-0.25, -0.2) is 0 Å². The molecule has 0 aliphatic carbocycles. The molecule has 1 aliphatic heterocycles. The van der Waals surface area contributed by atoms with Crippen molar-refractivity contribution < 1.29 is 14.3 Å². The smallest absolute Gasteiger partial charge is 0.325 e. The van der Waals surface area contributed by atoms with Gasteiger partial charge in [0.25, 0.3) is 0 Å². The van der Waals surface area contributed by atoms with Crippen molar-refractivity contribution in [3.63, 3.8) is 0 Å². The minimum Gasteiger partial charge on any atom is -0.462 e. The average Bonchev–Trinajstić information content (AvgIpc) is 2.30. The molecule has 0 N–H and O–H groups in total. The van der Waals surface area contributed by atoms with Crippen molar-refractivity contribution in [2.24, 2.45) is 0 Å². The van der Waals surface area contributed by atoms with Crippen LogP contribution in [-0.4, -0.2) is 36.5 Å². The zero-order valence-corrected chi connectivity index (χ0v) is 8.89. The molecule has 4 heteroatoms. The van der Waals surface area contributed by atoms with E-state index in [2.05, 4.69) is 0 Å². The number of cyclic esters (lactones) is 1. The lowest BCUT2D eigenvalue weighted by Gasteiger charge is -2.25. The Morgan fingerprint density at radius 3 is 2.75 bits per heavy atom. The molecule has 1 aromatic carbocycles. The second kappa shape index (κ2) is 4.79. The van der Waals surface area contributed by atoms with Crippen LogP contribution in [0.15, 0.2) is 30.3 Å². The Labute approximate surface area is 93.8 Å². The van der Waals surface area contributed by atoms with Gasteiger partial charge >= 0.3 is 5.97 Å². The van der Waals surface area contributed by atoms with Crippen molar-refractivity contribution >= 4 is 11.9 Å². The van der Waals surface area contributed by atoms with Gasteiger partial charge in [0.05, 0.1) is 13.0 Å². The van der Waals surface area contributed by atoms with E-state index in [9.17, 15) is 9.59 Å². The molecular weight excluding hydrogens is 206 g/mol. The summed E-state index contributed by atoms with van der Waals surface area (Å²) in [7, 11) is 0. The third kappa shape index (κ3) is 2.59. The third-order valence-corrected chi connectivity index (χ3v) is 2.50. The Bertz CT molecular complexity index is 389. The standard InChI is InChI=1S/C12H13NO3/c14-11(8-10-4-2-1-3-5-10)13-6-7-16-12(15)9-13/h1-5H,6-9H2. The van der Waals surface area contributed by atoms with Crippen LogP contribution in [0.25, 0.3) is 0 Å². The molecule has 1 fully saturated rings. The summed E-state index contributed by atoms with van der Waals surface area (Å²) in [6, 6.07) is 9.51. The predicted molar refractivity (Wildman–Crippen MR) is 57.7 cm³/mol. The molecule has 0 radical (unpaired) electrons. The SMILES string of the molecule is O=C1CN(C(=O)Cc2ccccc2)CCO1. The van der Waals surface area contributed by atoms with E-state index in [4.69, 9.17) is 4.74 Å². The molecule has 0 bridgehead atoms. The lowest BCUT2D eigenvalue weighted by molar-refractivity contribution is -0.156. The van der Waals surface area contributed by atoms with Crippen LogP contribution in [0.2, 0.25) is 0 Å². The van der Waals surface area contributed by atoms with Gasteiger partial charge in [-0.15, -0.1) is 0 Å². The van der Waals surface area contributed by atoms with Gasteiger partial charge in [-0.1, -0.05) is 30.3 Å². The number of benzene rings is 1. The van der Waals surface area contributed by atoms with Crippen molar-refractivity contribution in [2.75, 3.05) is 19.7 Å². The van der Waals surface area contributed by atoms with Crippen molar-refractivity contribution in [2.45, 2.75) is 6.42 Å². The maximum atomic E-state index is 11.8. The quantitative estimate of drug-likeness (QED) is 0.685. The summed E-state index contributed by atoms with van der Waals surface area (Å²) in [5.41, 5.74) is 0.964. The first-order valence-corrected chi connectivity index (χ1v) is 5.23. The minimum atomic E-state index is -0.326. The van der Waals surface area contributed by atoms with Crippen molar-refractivity contribution in [1.82, 2.24) is 4.90 Å². The molecule has 0 atom stereocenters. The van der Waals surface area contributed by atoms with E-state index in [1.165, 1.54) is 0 Å². The fourth-order valence-corrected chi connectivity index (χ4v) is 1.65. The fraction of sp³-hybridized carbons (Fsp3) is 0.333. The highest BCUT2D eigenvalue weighted by atomic mass is 16.5. The molecule has 0 saturated carbocycles. The first-order chi connectivity index (χ1) is 7.75. The molecule has 1 saturated heterocycles. The first-order valence-electron chi connectivity index (χ1n) is 5.23. The number of esters is 1. The fourth-order valence-electron chi connectivity index (χ4n) is 1.65. The van der Waals surface area contributed by atoms with E-state index in [1.807, 2.05) is 30.3 Å². The molecule has 1 heterocycles. The topological polar surface area (TPSA) is 46.6 Å². The molecule has 16 heavy (non-hydrogen) atoms. The second-order valence-electron chi connectivity index (χ2n) is 3.70. The number of carbonyl (C=O) groups is 2. The number of ether oxygens (including phenoxy) is 1. The number of amides is 1. The van der Waals surface area contributed by atoms with Gasteiger partial charge in [-0.05, 0) is 5.56 Å². The molecule has 0 unspecified atom stereocenters. The minimum absolute atomic E-state index is 0.0251. The summed E-state index contributed by atoms with van der Waals surface area (Å²) >= 11 is 0. The summed E-state index contributed by atoms with van der Waals surface area (Å²) in [5.74, 6) is -0.351. The lowest BCUT2D eigenvalue weighted by Crippen LogP contribution is -2.44. The summed E-state index contributed by atoms with van der Waals surface area (Å²) in [6.07, 6.45) is 0.341. The Hall–Kier alpha value is -1.84. The Morgan fingerprint density at radius 2 is 2.06 bits per heavy atom. The summed E-state index contributed by atoms with van der Waals surface area (Å²) in [6.45, 7) is 0.877. The number of rotatable bonds is 2. The number of morpholine rings is 1. The molecule has 0 spiro atoms. The van der Waals surface area contributed by atoms with Gasteiger partial charge in [0, 0.05) is 0 Å². The van der Waals surface area contributed by atoms with Gasteiger partial charge in [0.2, 0.25) is 5.91 Å². The van der Waals surface area contributed by atoms with E-state index >= 15 is 0 Å².